The molecule has 0 unspecified atom stereocenters. The van der Waals surface area contributed by atoms with Crippen molar-refractivity contribution in [3.8, 4) is 0 Å². The molecule has 0 bridgehead atoms. The number of carbonyl (C=O) groups is 3. The summed E-state index contributed by atoms with van der Waals surface area (Å²) in [5.41, 5.74) is 0. The zero-order chi connectivity index (χ0) is 47.2. The molecule has 0 aliphatic heterocycles. The first-order chi connectivity index (χ1) is 32.0. The van der Waals surface area contributed by atoms with Crippen molar-refractivity contribution >= 4 is 17.9 Å². The van der Waals surface area contributed by atoms with Gasteiger partial charge in [0.05, 0.1) is 0 Å². The van der Waals surface area contributed by atoms with E-state index in [1.807, 2.05) is 0 Å². The highest BCUT2D eigenvalue weighted by Crippen LogP contribution is 2.16. The first-order valence-corrected chi connectivity index (χ1v) is 28.1. The summed E-state index contributed by atoms with van der Waals surface area (Å²) in [6, 6.07) is 0. The third-order valence-corrected chi connectivity index (χ3v) is 12.3. The van der Waals surface area contributed by atoms with Crippen molar-refractivity contribution < 1.29 is 28.6 Å². The molecule has 0 radical (unpaired) electrons. The Labute approximate surface area is 403 Å². The van der Waals surface area contributed by atoms with Crippen LogP contribution in [0.15, 0.2) is 48.6 Å². The van der Waals surface area contributed by atoms with Crippen molar-refractivity contribution in [3.63, 3.8) is 0 Å². The van der Waals surface area contributed by atoms with Crippen LogP contribution in [0, 0.1) is 0 Å². The highest BCUT2D eigenvalue weighted by atomic mass is 16.6. The molecule has 0 saturated carbocycles. The van der Waals surface area contributed by atoms with Gasteiger partial charge in [0.2, 0.25) is 0 Å². The fraction of sp³-hybridized carbons (Fsp3) is 0.814. The van der Waals surface area contributed by atoms with E-state index in [0.717, 1.165) is 70.6 Å². The molecule has 0 amide bonds. The van der Waals surface area contributed by atoms with Crippen molar-refractivity contribution in [1.82, 2.24) is 0 Å². The number of hydrogen-bond acceptors (Lipinski definition) is 6. The van der Waals surface area contributed by atoms with Crippen molar-refractivity contribution in [1.29, 1.82) is 0 Å². The van der Waals surface area contributed by atoms with Crippen LogP contribution in [0.3, 0.4) is 0 Å². The van der Waals surface area contributed by atoms with Gasteiger partial charge < -0.3 is 14.2 Å². The van der Waals surface area contributed by atoms with Gasteiger partial charge in [-0.1, -0.05) is 236 Å². The molecule has 0 spiro atoms. The molecule has 0 N–H and O–H groups in total. The first-order valence-electron chi connectivity index (χ1n) is 28.1. The summed E-state index contributed by atoms with van der Waals surface area (Å²) in [5.74, 6) is -0.915. The van der Waals surface area contributed by atoms with Gasteiger partial charge in [0, 0.05) is 19.3 Å². The summed E-state index contributed by atoms with van der Waals surface area (Å²) >= 11 is 0. The maximum atomic E-state index is 12.8. The number of unbranched alkanes of at least 4 members (excludes halogenated alkanes) is 32. The van der Waals surface area contributed by atoms with Gasteiger partial charge in [-0.3, -0.25) is 14.4 Å². The van der Waals surface area contributed by atoms with E-state index in [0.29, 0.717) is 19.3 Å². The Morgan fingerprint density at radius 2 is 0.554 bits per heavy atom. The standard InChI is InChI=1S/C59H106O6/c1-4-7-10-13-16-19-22-25-28-29-32-34-37-40-43-46-49-52-58(61)64-55-56(65-59(62)53-50-47-44-41-38-35-31-27-24-21-18-15-12-9-6-3)54-63-57(60)51-48-45-42-39-36-33-30-26-23-20-17-14-11-8-5-2/h17,20,25-26,28,30,36,39,56H,4-16,18-19,21-24,27,29,31-35,37-38,40-55H2,1-3H3/b20-17-,28-25-,30-26-,39-36-/t56-/m1/s1. The average Bonchev–Trinajstić information content (AvgIpc) is 3.30. The van der Waals surface area contributed by atoms with Crippen LogP contribution in [0.2, 0.25) is 0 Å². The Kier molecular flexibility index (Phi) is 51.8. The van der Waals surface area contributed by atoms with Crippen LogP contribution in [-0.4, -0.2) is 37.2 Å². The van der Waals surface area contributed by atoms with Gasteiger partial charge in [0.25, 0.3) is 0 Å². The molecular weight excluding hydrogens is 805 g/mol. The fourth-order valence-corrected chi connectivity index (χ4v) is 8.03. The Bertz CT molecular complexity index is 1140. The summed E-state index contributed by atoms with van der Waals surface area (Å²) in [4.78, 5) is 38.1. The summed E-state index contributed by atoms with van der Waals surface area (Å²) in [5, 5.41) is 0. The molecule has 0 fully saturated rings. The number of esters is 3. The Morgan fingerprint density at radius 1 is 0.308 bits per heavy atom. The molecule has 0 aromatic heterocycles. The molecule has 0 aliphatic rings. The van der Waals surface area contributed by atoms with E-state index in [9.17, 15) is 14.4 Å². The number of allylic oxidation sites excluding steroid dienone is 8. The summed E-state index contributed by atoms with van der Waals surface area (Å²) in [7, 11) is 0. The molecule has 0 rings (SSSR count). The van der Waals surface area contributed by atoms with E-state index in [-0.39, 0.29) is 31.1 Å². The molecule has 378 valence electrons. The molecule has 0 aromatic rings. The smallest absolute Gasteiger partial charge is 0.306 e. The predicted molar refractivity (Wildman–Crippen MR) is 279 cm³/mol. The van der Waals surface area contributed by atoms with Gasteiger partial charge in [-0.25, -0.2) is 0 Å². The summed E-state index contributed by atoms with van der Waals surface area (Å²) < 4.78 is 16.8. The second-order valence-corrected chi connectivity index (χ2v) is 18.8. The molecule has 6 nitrogen and oxygen atoms in total. The molecule has 0 aromatic carbocycles. The zero-order valence-electron chi connectivity index (χ0n) is 43.3. The van der Waals surface area contributed by atoms with E-state index in [2.05, 4.69) is 69.4 Å². The van der Waals surface area contributed by atoms with Gasteiger partial charge in [-0.2, -0.15) is 0 Å². The minimum Gasteiger partial charge on any atom is -0.462 e. The lowest BCUT2D eigenvalue weighted by molar-refractivity contribution is -0.167. The Hall–Kier alpha value is -2.63. The van der Waals surface area contributed by atoms with Gasteiger partial charge in [-0.15, -0.1) is 0 Å². The Balaban J connectivity index is 4.41. The number of ether oxygens (including phenoxy) is 3. The van der Waals surface area contributed by atoms with Crippen LogP contribution in [0.4, 0.5) is 0 Å². The fourth-order valence-electron chi connectivity index (χ4n) is 8.03. The van der Waals surface area contributed by atoms with Gasteiger partial charge >= 0.3 is 17.9 Å². The van der Waals surface area contributed by atoms with Gasteiger partial charge in [-0.05, 0) is 83.5 Å². The van der Waals surface area contributed by atoms with Crippen molar-refractivity contribution in [2.75, 3.05) is 13.2 Å². The number of carbonyl (C=O) groups excluding carboxylic acids is 3. The molecule has 65 heavy (non-hydrogen) atoms. The van der Waals surface area contributed by atoms with Crippen LogP contribution in [-0.2, 0) is 28.6 Å². The second kappa shape index (κ2) is 54.0. The van der Waals surface area contributed by atoms with E-state index in [4.69, 9.17) is 14.2 Å². The van der Waals surface area contributed by atoms with Crippen LogP contribution < -0.4 is 0 Å². The second-order valence-electron chi connectivity index (χ2n) is 18.8. The van der Waals surface area contributed by atoms with Crippen molar-refractivity contribution in [2.45, 2.75) is 297 Å². The summed E-state index contributed by atoms with van der Waals surface area (Å²) in [6.45, 7) is 6.60. The maximum Gasteiger partial charge on any atom is 0.306 e. The predicted octanol–water partition coefficient (Wildman–Crippen LogP) is 18.7. The SMILES string of the molecule is CCCCC/C=C\C/C=C\C/C=C\CCCCC(=O)OC[C@H](COC(=O)CCCCCCCCC/C=C\CCCCCCCC)OC(=O)CCCCCCCCCCCCCCCCC. The third kappa shape index (κ3) is 52.2. The van der Waals surface area contributed by atoms with Crippen LogP contribution in [0.1, 0.15) is 290 Å². The van der Waals surface area contributed by atoms with E-state index in [1.165, 1.54) is 180 Å². The summed E-state index contributed by atoms with van der Waals surface area (Å²) in [6.07, 6.45) is 65.2. The maximum absolute atomic E-state index is 12.8. The molecule has 0 saturated heterocycles. The topological polar surface area (TPSA) is 78.9 Å². The minimum atomic E-state index is -0.787. The number of hydrogen-bond donors (Lipinski definition) is 0. The average molecular weight is 911 g/mol. The normalized spacial score (nSPS) is 12.4. The van der Waals surface area contributed by atoms with Crippen LogP contribution in [0.5, 0.6) is 0 Å². The monoisotopic (exact) mass is 911 g/mol. The van der Waals surface area contributed by atoms with E-state index >= 15 is 0 Å². The van der Waals surface area contributed by atoms with Gasteiger partial charge in [0.15, 0.2) is 6.10 Å². The van der Waals surface area contributed by atoms with E-state index < -0.39 is 6.10 Å². The van der Waals surface area contributed by atoms with Crippen molar-refractivity contribution in [2.24, 2.45) is 0 Å². The van der Waals surface area contributed by atoms with E-state index in [1.54, 1.807) is 0 Å². The van der Waals surface area contributed by atoms with Crippen molar-refractivity contribution in [3.05, 3.63) is 48.6 Å². The molecule has 6 heteroatoms. The zero-order valence-corrected chi connectivity index (χ0v) is 43.3. The minimum absolute atomic E-state index is 0.0847. The van der Waals surface area contributed by atoms with Gasteiger partial charge in [0.1, 0.15) is 13.2 Å². The first kappa shape index (κ1) is 62.4. The largest absolute Gasteiger partial charge is 0.462 e. The molecule has 0 heterocycles. The molecular formula is C59H106O6. The Morgan fingerprint density at radius 3 is 0.938 bits per heavy atom. The highest BCUT2D eigenvalue weighted by Gasteiger charge is 2.19. The quantitative estimate of drug-likeness (QED) is 0.0262. The number of rotatable bonds is 51. The lowest BCUT2D eigenvalue weighted by atomic mass is 10.0. The molecule has 0 aliphatic carbocycles. The highest BCUT2D eigenvalue weighted by molar-refractivity contribution is 5.71. The third-order valence-electron chi connectivity index (χ3n) is 12.3. The lowest BCUT2D eigenvalue weighted by Gasteiger charge is -2.18. The molecule has 1 atom stereocenters. The van der Waals surface area contributed by atoms with Crippen LogP contribution >= 0.6 is 0 Å². The lowest BCUT2D eigenvalue weighted by Crippen LogP contribution is -2.30. The van der Waals surface area contributed by atoms with Crippen LogP contribution in [0.25, 0.3) is 0 Å².